The summed E-state index contributed by atoms with van der Waals surface area (Å²) in [6.07, 6.45) is 3.72. The summed E-state index contributed by atoms with van der Waals surface area (Å²) in [7, 11) is -4.17. The van der Waals surface area contributed by atoms with Gasteiger partial charge in [0.05, 0.1) is 11.3 Å². The van der Waals surface area contributed by atoms with E-state index in [2.05, 4.69) is 92.9 Å². The first-order valence-electron chi connectivity index (χ1n) is 11.1. The summed E-state index contributed by atoms with van der Waals surface area (Å²) in [6, 6.07) is 0.0108. The fourth-order valence-corrected chi connectivity index (χ4v) is 7.76. The average molecular weight is 433 g/mol. The van der Waals surface area contributed by atoms with Crippen molar-refractivity contribution in [2.75, 3.05) is 5.75 Å². The molecule has 0 aromatic carbocycles. The zero-order valence-electron chi connectivity index (χ0n) is 21.2. The van der Waals surface area contributed by atoms with Crippen LogP contribution in [0, 0.1) is 0 Å². The van der Waals surface area contributed by atoms with Gasteiger partial charge in [-0.2, -0.15) is 8.42 Å². The SMILES string of the molecule is CC(C)(C)N(C1CCCCC1(CS(=O)(=O)O)N(C(C)(C)C)C(C)(C)C)C(C)(C)C. The standard InChI is InChI=1S/C23H48N2O3S/c1-19(2,3)24(20(4,5)6)18-15-13-14-16-23(18,17-29(26,27)28)25(21(7,8)9)22(10,11)12/h18H,13-17H2,1-12H3,(H,26,27,28). The van der Waals surface area contributed by atoms with Crippen LogP contribution >= 0.6 is 0 Å². The molecule has 1 aliphatic rings. The first kappa shape index (κ1) is 26.9. The minimum atomic E-state index is -4.17. The molecule has 0 aromatic rings. The molecule has 1 aliphatic carbocycles. The third-order valence-corrected chi connectivity index (χ3v) is 6.80. The van der Waals surface area contributed by atoms with Crippen molar-refractivity contribution in [3.8, 4) is 0 Å². The van der Waals surface area contributed by atoms with Crippen LogP contribution in [-0.2, 0) is 10.1 Å². The Hall–Kier alpha value is -0.170. The quantitative estimate of drug-likeness (QED) is 0.607. The molecule has 0 heterocycles. The molecular weight excluding hydrogens is 384 g/mol. The monoisotopic (exact) mass is 432 g/mol. The molecule has 2 atom stereocenters. The highest BCUT2D eigenvalue weighted by molar-refractivity contribution is 7.85. The van der Waals surface area contributed by atoms with Gasteiger partial charge < -0.3 is 0 Å². The highest BCUT2D eigenvalue weighted by atomic mass is 32.2. The Morgan fingerprint density at radius 3 is 1.52 bits per heavy atom. The van der Waals surface area contributed by atoms with Crippen molar-refractivity contribution in [2.24, 2.45) is 0 Å². The van der Waals surface area contributed by atoms with Gasteiger partial charge in [0.25, 0.3) is 10.1 Å². The molecule has 29 heavy (non-hydrogen) atoms. The second-order valence-corrected chi connectivity index (χ2v) is 14.4. The van der Waals surface area contributed by atoms with Gasteiger partial charge in [-0.1, -0.05) is 12.8 Å². The Kier molecular flexibility index (Phi) is 7.47. The first-order valence-corrected chi connectivity index (χ1v) is 12.7. The van der Waals surface area contributed by atoms with Crippen LogP contribution in [0.4, 0.5) is 0 Å². The fourth-order valence-electron chi connectivity index (χ4n) is 6.67. The minimum absolute atomic E-state index is 0.0108. The van der Waals surface area contributed by atoms with Crippen molar-refractivity contribution in [3.63, 3.8) is 0 Å². The van der Waals surface area contributed by atoms with Gasteiger partial charge in [-0.15, -0.1) is 0 Å². The maximum absolute atomic E-state index is 12.4. The Morgan fingerprint density at radius 1 is 0.793 bits per heavy atom. The molecule has 1 rings (SSSR count). The van der Waals surface area contributed by atoms with Crippen molar-refractivity contribution in [1.29, 1.82) is 0 Å². The molecule has 0 spiro atoms. The first-order chi connectivity index (χ1) is 12.5. The highest BCUT2D eigenvalue weighted by Crippen LogP contribution is 2.48. The van der Waals surface area contributed by atoms with Crippen LogP contribution in [0.1, 0.15) is 109 Å². The third kappa shape index (κ3) is 6.41. The molecule has 0 bridgehead atoms. The molecule has 1 saturated carbocycles. The van der Waals surface area contributed by atoms with Crippen molar-refractivity contribution >= 4 is 10.1 Å². The normalized spacial score (nSPS) is 25.7. The molecule has 1 N–H and O–H groups in total. The highest BCUT2D eigenvalue weighted by Gasteiger charge is 2.58. The Labute approximate surface area is 181 Å². The lowest BCUT2D eigenvalue weighted by Crippen LogP contribution is -2.77. The lowest BCUT2D eigenvalue weighted by atomic mass is 9.70. The largest absolute Gasteiger partial charge is 0.289 e. The molecule has 0 amide bonds. The van der Waals surface area contributed by atoms with Gasteiger partial charge in [0.15, 0.2) is 0 Å². The number of rotatable bonds is 4. The zero-order chi connectivity index (χ0) is 23.3. The molecule has 0 aliphatic heterocycles. The van der Waals surface area contributed by atoms with E-state index in [0.29, 0.717) is 0 Å². The molecule has 0 aromatic heterocycles. The van der Waals surface area contributed by atoms with Crippen molar-refractivity contribution < 1.29 is 13.0 Å². The molecule has 174 valence electrons. The Bertz CT molecular complexity index is 632. The van der Waals surface area contributed by atoms with E-state index in [-0.39, 0.29) is 34.0 Å². The van der Waals surface area contributed by atoms with Crippen LogP contribution in [0.5, 0.6) is 0 Å². The van der Waals surface area contributed by atoms with Crippen LogP contribution < -0.4 is 0 Å². The van der Waals surface area contributed by atoms with Crippen molar-refractivity contribution in [3.05, 3.63) is 0 Å². The van der Waals surface area contributed by atoms with E-state index in [0.717, 1.165) is 25.7 Å². The summed E-state index contributed by atoms with van der Waals surface area (Å²) >= 11 is 0. The van der Waals surface area contributed by atoms with Gasteiger partial charge in [-0.3, -0.25) is 14.4 Å². The van der Waals surface area contributed by atoms with E-state index in [1.165, 1.54) is 0 Å². The average Bonchev–Trinajstić information content (AvgIpc) is 2.32. The summed E-state index contributed by atoms with van der Waals surface area (Å²) in [5.41, 5.74) is -1.50. The third-order valence-electron chi connectivity index (χ3n) is 5.93. The predicted octanol–water partition coefficient (Wildman–Crippen LogP) is 5.35. The summed E-state index contributed by atoms with van der Waals surface area (Å²) in [4.78, 5) is 4.91. The number of nitrogens with zero attached hydrogens (tertiary/aromatic N) is 2. The summed E-state index contributed by atoms with van der Waals surface area (Å²) in [5.74, 6) is -0.234. The van der Waals surface area contributed by atoms with Gasteiger partial charge in [0.2, 0.25) is 0 Å². The van der Waals surface area contributed by atoms with Gasteiger partial charge in [0.1, 0.15) is 0 Å². The van der Waals surface area contributed by atoms with E-state index in [1.807, 2.05) is 0 Å². The van der Waals surface area contributed by atoms with Crippen LogP contribution in [0.3, 0.4) is 0 Å². The summed E-state index contributed by atoms with van der Waals surface area (Å²) in [6.45, 7) is 26.2. The van der Waals surface area contributed by atoms with E-state index < -0.39 is 15.7 Å². The van der Waals surface area contributed by atoms with Crippen molar-refractivity contribution in [2.45, 2.75) is 143 Å². The van der Waals surface area contributed by atoms with Crippen molar-refractivity contribution in [1.82, 2.24) is 9.80 Å². The smallest absolute Gasteiger partial charge is 0.266 e. The number of hydrogen-bond donors (Lipinski definition) is 1. The van der Waals surface area contributed by atoms with Gasteiger partial charge in [-0.05, 0) is 95.9 Å². The second kappa shape index (κ2) is 8.07. The van der Waals surface area contributed by atoms with Gasteiger partial charge in [-0.25, -0.2) is 0 Å². The zero-order valence-corrected chi connectivity index (χ0v) is 22.0. The molecule has 2 unspecified atom stereocenters. The summed E-state index contributed by atoms with van der Waals surface area (Å²) < 4.78 is 35.0. The Balaban J connectivity index is 3.92. The van der Waals surface area contributed by atoms with Crippen LogP contribution in [0.15, 0.2) is 0 Å². The minimum Gasteiger partial charge on any atom is -0.289 e. The van der Waals surface area contributed by atoms with Gasteiger partial charge >= 0.3 is 0 Å². The lowest BCUT2D eigenvalue weighted by Gasteiger charge is -2.65. The van der Waals surface area contributed by atoms with Gasteiger partial charge in [0, 0.05) is 28.2 Å². The molecule has 1 fully saturated rings. The summed E-state index contributed by atoms with van der Waals surface area (Å²) in [5, 5.41) is 0. The van der Waals surface area contributed by atoms with Crippen LogP contribution in [0.25, 0.3) is 0 Å². The second-order valence-electron chi connectivity index (χ2n) is 13.0. The Morgan fingerprint density at radius 2 is 1.21 bits per heavy atom. The van der Waals surface area contributed by atoms with Crippen LogP contribution in [0.2, 0.25) is 0 Å². The molecule has 6 heteroatoms. The molecule has 5 nitrogen and oxygen atoms in total. The fraction of sp³-hybridized carbons (Fsp3) is 1.00. The molecular formula is C23H48N2O3S. The molecule has 0 radical (unpaired) electrons. The van der Waals surface area contributed by atoms with E-state index in [1.54, 1.807) is 0 Å². The number of hydrogen-bond acceptors (Lipinski definition) is 4. The van der Waals surface area contributed by atoms with E-state index >= 15 is 0 Å². The lowest BCUT2D eigenvalue weighted by molar-refractivity contribution is -0.146. The maximum atomic E-state index is 12.4. The molecule has 0 saturated heterocycles. The van der Waals surface area contributed by atoms with Crippen LogP contribution in [-0.4, -0.2) is 62.3 Å². The maximum Gasteiger partial charge on any atom is 0.266 e. The predicted molar refractivity (Wildman–Crippen MR) is 124 cm³/mol. The topological polar surface area (TPSA) is 60.9 Å². The van der Waals surface area contributed by atoms with E-state index in [4.69, 9.17) is 0 Å². The van der Waals surface area contributed by atoms with E-state index in [9.17, 15) is 13.0 Å².